The average Bonchev–Trinajstić information content (AvgIpc) is 2.53. The van der Waals surface area contributed by atoms with Gasteiger partial charge in [0.1, 0.15) is 11.1 Å². The molecule has 0 saturated carbocycles. The maximum Gasteiger partial charge on any atom is 0.186 e. The molecular formula is C18H16FNO2S. The van der Waals surface area contributed by atoms with Gasteiger partial charge in [-0.2, -0.15) is 0 Å². The van der Waals surface area contributed by atoms with Gasteiger partial charge >= 0.3 is 0 Å². The van der Waals surface area contributed by atoms with Crippen LogP contribution >= 0.6 is 0 Å². The molecule has 0 fully saturated rings. The van der Waals surface area contributed by atoms with E-state index >= 15 is 0 Å². The number of aryl methyl sites for hydroxylation is 1. The van der Waals surface area contributed by atoms with Crippen molar-refractivity contribution in [3.8, 4) is 0 Å². The Kier molecular flexibility index (Phi) is 3.90. The van der Waals surface area contributed by atoms with E-state index in [0.717, 1.165) is 10.9 Å². The van der Waals surface area contributed by atoms with Crippen molar-refractivity contribution in [2.75, 3.05) is 0 Å². The number of pyridine rings is 1. The van der Waals surface area contributed by atoms with Gasteiger partial charge in [0.15, 0.2) is 9.84 Å². The highest BCUT2D eigenvalue weighted by atomic mass is 32.2. The lowest BCUT2D eigenvalue weighted by Crippen LogP contribution is -2.12. The first-order valence-electron chi connectivity index (χ1n) is 7.24. The fourth-order valence-corrected chi connectivity index (χ4v) is 3.81. The molecule has 0 aliphatic carbocycles. The highest BCUT2D eigenvalue weighted by Crippen LogP contribution is 2.29. The van der Waals surface area contributed by atoms with E-state index in [4.69, 9.17) is 0 Å². The molecule has 5 heteroatoms. The molecule has 0 saturated heterocycles. The van der Waals surface area contributed by atoms with E-state index < -0.39 is 15.1 Å². The maximum atomic E-state index is 13.4. The van der Waals surface area contributed by atoms with Crippen LogP contribution in [-0.2, 0) is 9.84 Å². The number of halogens is 1. The minimum absolute atomic E-state index is 0.261. The molecule has 0 amide bonds. The van der Waals surface area contributed by atoms with Gasteiger partial charge in [-0.25, -0.2) is 12.8 Å². The first-order valence-corrected chi connectivity index (χ1v) is 8.78. The fraction of sp³-hybridized carbons (Fsp3) is 0.167. The number of rotatable bonds is 3. The number of benzene rings is 2. The Bertz CT molecular complexity index is 966. The van der Waals surface area contributed by atoms with Crippen LogP contribution in [0.25, 0.3) is 10.8 Å². The van der Waals surface area contributed by atoms with E-state index in [1.807, 2.05) is 6.92 Å². The van der Waals surface area contributed by atoms with Gasteiger partial charge < -0.3 is 0 Å². The zero-order valence-electron chi connectivity index (χ0n) is 12.8. The summed E-state index contributed by atoms with van der Waals surface area (Å²) >= 11 is 0. The van der Waals surface area contributed by atoms with Crippen LogP contribution in [0.15, 0.2) is 59.6 Å². The molecule has 0 aliphatic heterocycles. The number of aromatic nitrogens is 1. The van der Waals surface area contributed by atoms with Crippen LogP contribution in [-0.4, -0.2) is 13.4 Å². The van der Waals surface area contributed by atoms with E-state index in [2.05, 4.69) is 4.98 Å². The predicted octanol–water partition coefficient (Wildman–Crippen LogP) is 4.22. The average molecular weight is 329 g/mol. The third-order valence-electron chi connectivity index (χ3n) is 3.94. The Morgan fingerprint density at radius 1 is 1.00 bits per heavy atom. The summed E-state index contributed by atoms with van der Waals surface area (Å²) < 4.78 is 38.8. The second-order valence-electron chi connectivity index (χ2n) is 5.60. The smallest absolute Gasteiger partial charge is 0.186 e. The summed E-state index contributed by atoms with van der Waals surface area (Å²) in [5.41, 5.74) is 1.40. The number of hydrogen-bond donors (Lipinski definition) is 0. The van der Waals surface area contributed by atoms with E-state index in [9.17, 15) is 12.8 Å². The van der Waals surface area contributed by atoms with Crippen molar-refractivity contribution in [3.05, 3.63) is 71.8 Å². The quantitative estimate of drug-likeness (QED) is 0.723. The Balaban J connectivity index is 2.05. The van der Waals surface area contributed by atoms with Gasteiger partial charge in [0.25, 0.3) is 0 Å². The molecular weight excluding hydrogens is 313 g/mol. The van der Waals surface area contributed by atoms with Gasteiger partial charge in [0, 0.05) is 11.6 Å². The topological polar surface area (TPSA) is 47.0 Å². The number of nitrogens with zero attached hydrogens (tertiary/aromatic N) is 1. The standard InChI is InChI=1S/C18H16FNO2S/c1-12-3-7-17(8-4-12)23(21,22)13(2)18-10-15-9-16(19)6-5-14(15)11-20-18/h3-11,13H,1-2H3. The molecule has 3 nitrogen and oxygen atoms in total. The number of hydrogen-bond acceptors (Lipinski definition) is 3. The van der Waals surface area contributed by atoms with Crippen LogP contribution in [0.1, 0.15) is 23.4 Å². The van der Waals surface area contributed by atoms with Crippen molar-refractivity contribution in [1.29, 1.82) is 0 Å². The molecule has 0 aliphatic rings. The molecule has 1 unspecified atom stereocenters. The highest BCUT2D eigenvalue weighted by Gasteiger charge is 2.26. The van der Waals surface area contributed by atoms with Gasteiger partial charge in [-0.15, -0.1) is 0 Å². The van der Waals surface area contributed by atoms with Crippen LogP contribution < -0.4 is 0 Å². The molecule has 1 heterocycles. The summed E-state index contributed by atoms with van der Waals surface area (Å²) in [7, 11) is -3.54. The third kappa shape index (κ3) is 2.97. The zero-order chi connectivity index (χ0) is 16.6. The predicted molar refractivity (Wildman–Crippen MR) is 88.5 cm³/mol. The van der Waals surface area contributed by atoms with Gasteiger partial charge in [-0.3, -0.25) is 4.98 Å². The second-order valence-corrected chi connectivity index (χ2v) is 7.87. The van der Waals surface area contributed by atoms with Crippen LogP contribution in [0.2, 0.25) is 0 Å². The lowest BCUT2D eigenvalue weighted by molar-refractivity contribution is 0.585. The van der Waals surface area contributed by atoms with Crippen molar-refractivity contribution in [2.24, 2.45) is 0 Å². The van der Waals surface area contributed by atoms with Crippen LogP contribution in [0, 0.1) is 12.7 Å². The van der Waals surface area contributed by atoms with Crippen molar-refractivity contribution < 1.29 is 12.8 Å². The molecule has 3 aromatic rings. The normalized spacial score (nSPS) is 13.2. The highest BCUT2D eigenvalue weighted by molar-refractivity contribution is 7.91. The molecule has 0 bridgehead atoms. The molecule has 23 heavy (non-hydrogen) atoms. The molecule has 1 aromatic heterocycles. The monoisotopic (exact) mass is 329 g/mol. The summed E-state index contributed by atoms with van der Waals surface area (Å²) in [5, 5.41) is 0.605. The summed E-state index contributed by atoms with van der Waals surface area (Å²) in [6.07, 6.45) is 1.57. The molecule has 2 aromatic carbocycles. The zero-order valence-corrected chi connectivity index (χ0v) is 13.6. The molecule has 0 spiro atoms. The Labute approximate surface area is 134 Å². The van der Waals surface area contributed by atoms with E-state index in [1.54, 1.807) is 49.5 Å². The molecule has 0 radical (unpaired) electrons. The first kappa shape index (κ1) is 15.6. The number of fused-ring (bicyclic) bond motifs is 1. The summed E-state index contributed by atoms with van der Waals surface area (Å²) in [6, 6.07) is 12.7. The van der Waals surface area contributed by atoms with Crippen LogP contribution in [0.4, 0.5) is 4.39 Å². The van der Waals surface area contributed by atoms with E-state index in [-0.39, 0.29) is 10.7 Å². The Morgan fingerprint density at radius 2 is 1.70 bits per heavy atom. The Morgan fingerprint density at radius 3 is 2.39 bits per heavy atom. The molecule has 1 atom stereocenters. The van der Waals surface area contributed by atoms with E-state index in [0.29, 0.717) is 11.1 Å². The minimum atomic E-state index is -3.54. The maximum absolute atomic E-state index is 13.4. The molecule has 0 N–H and O–H groups in total. The molecule has 118 valence electrons. The third-order valence-corrected chi connectivity index (χ3v) is 6.04. The van der Waals surface area contributed by atoms with E-state index in [1.165, 1.54) is 12.1 Å². The minimum Gasteiger partial charge on any atom is -0.259 e. The summed E-state index contributed by atoms with van der Waals surface area (Å²) in [5.74, 6) is -0.358. The lowest BCUT2D eigenvalue weighted by Gasteiger charge is -2.13. The van der Waals surface area contributed by atoms with Gasteiger partial charge in [0.2, 0.25) is 0 Å². The van der Waals surface area contributed by atoms with Crippen molar-refractivity contribution >= 4 is 20.6 Å². The lowest BCUT2D eigenvalue weighted by atomic mass is 10.1. The van der Waals surface area contributed by atoms with Crippen molar-refractivity contribution in [1.82, 2.24) is 4.98 Å². The fourth-order valence-electron chi connectivity index (χ4n) is 2.44. The van der Waals surface area contributed by atoms with Gasteiger partial charge in [-0.1, -0.05) is 17.7 Å². The molecule has 3 rings (SSSR count). The number of sulfone groups is 1. The summed E-state index contributed by atoms with van der Waals surface area (Å²) in [6.45, 7) is 3.50. The SMILES string of the molecule is Cc1ccc(S(=O)(=O)C(C)c2cc3cc(F)ccc3cn2)cc1. The van der Waals surface area contributed by atoms with Crippen molar-refractivity contribution in [2.45, 2.75) is 24.0 Å². The summed E-state index contributed by atoms with van der Waals surface area (Å²) in [4.78, 5) is 4.51. The first-order chi connectivity index (χ1) is 10.9. The van der Waals surface area contributed by atoms with Crippen LogP contribution in [0.3, 0.4) is 0 Å². The van der Waals surface area contributed by atoms with Crippen LogP contribution in [0.5, 0.6) is 0 Å². The van der Waals surface area contributed by atoms with Crippen molar-refractivity contribution in [3.63, 3.8) is 0 Å². The second kappa shape index (κ2) is 5.74. The van der Waals surface area contributed by atoms with Gasteiger partial charge in [-0.05, 0) is 55.6 Å². The largest absolute Gasteiger partial charge is 0.259 e. The Hall–Kier alpha value is -2.27. The van der Waals surface area contributed by atoms with Gasteiger partial charge in [0.05, 0.1) is 10.6 Å².